The zero-order valence-electron chi connectivity index (χ0n) is 24.2. The Morgan fingerprint density at radius 1 is 0.595 bits per heavy atom. The number of ether oxygens (including phenoxy) is 2. The smallest absolute Gasteiger partial charge is 0.408 e. The van der Waals surface area contributed by atoms with Gasteiger partial charge in [-0.15, -0.1) is 0 Å². The number of benzene rings is 2. The Morgan fingerprint density at radius 2 is 0.929 bits per heavy atom. The summed E-state index contributed by atoms with van der Waals surface area (Å²) in [4.78, 5) is 62.1. The summed E-state index contributed by atoms with van der Waals surface area (Å²) in [7, 11) is 0. The van der Waals surface area contributed by atoms with Crippen LogP contribution in [-0.2, 0) is 37.1 Å². The summed E-state index contributed by atoms with van der Waals surface area (Å²) in [6, 6.07) is 16.1. The van der Waals surface area contributed by atoms with Crippen molar-refractivity contribution in [2.24, 2.45) is 11.8 Å². The molecular weight excluding hydrogens is 672 g/mol. The lowest BCUT2D eigenvalue weighted by molar-refractivity contribution is -0.130. The molecule has 9 nitrogen and oxygen atoms in total. The second-order valence-corrected chi connectivity index (χ2v) is 12.5. The zero-order chi connectivity index (χ0) is 31.2. The Morgan fingerprint density at radius 3 is 1.24 bits per heavy atom. The van der Waals surface area contributed by atoms with E-state index in [1.807, 2.05) is 64.1 Å². The van der Waals surface area contributed by atoms with Gasteiger partial charge in [-0.2, -0.15) is 0 Å². The number of alkyl carbamates (subject to hydrolysis) is 2. The number of Topliss-reactive ketones (excluding diaryl/α,β-unsaturated/α-hetero) is 3. The maximum atomic E-state index is 13.3. The van der Waals surface area contributed by atoms with Crippen LogP contribution in [0.3, 0.4) is 0 Å². The normalized spacial score (nSPS) is 13.9. The molecule has 0 bridgehead atoms. The van der Waals surface area contributed by atoms with Crippen LogP contribution >= 0.6 is 31.9 Å². The fraction of sp³-hybridized carbons (Fsp3) is 0.452. The molecule has 0 fully saturated rings. The second-order valence-electron chi connectivity index (χ2n) is 10.7. The minimum Gasteiger partial charge on any atom is -0.445 e. The van der Waals surface area contributed by atoms with Gasteiger partial charge in [-0.05, 0) is 35.8 Å². The Bertz CT molecular complexity index is 1100. The van der Waals surface area contributed by atoms with E-state index >= 15 is 0 Å². The molecule has 0 saturated heterocycles. The Balaban J connectivity index is 2.04. The SMILES string of the molecule is CC(C)C[C@H](NC(=O)OCc1ccccc1)C(=O)C(Br)C(=O)C(Br)C(=O)[C@H](CC(C)C)NC(=O)OCc1ccccc1. The van der Waals surface area contributed by atoms with E-state index in [1.165, 1.54) is 0 Å². The van der Waals surface area contributed by atoms with Gasteiger partial charge < -0.3 is 20.1 Å². The molecule has 2 N–H and O–H groups in total. The highest BCUT2D eigenvalue weighted by atomic mass is 79.9. The van der Waals surface area contributed by atoms with E-state index in [4.69, 9.17) is 9.47 Å². The van der Waals surface area contributed by atoms with Crippen LogP contribution in [0.25, 0.3) is 0 Å². The monoisotopic (exact) mass is 708 g/mol. The van der Waals surface area contributed by atoms with Gasteiger partial charge in [-0.25, -0.2) is 9.59 Å². The van der Waals surface area contributed by atoms with Crippen molar-refractivity contribution in [3.8, 4) is 0 Å². The molecule has 0 aromatic heterocycles. The Kier molecular flexibility index (Phi) is 14.9. The van der Waals surface area contributed by atoms with Crippen LogP contribution in [0.4, 0.5) is 9.59 Å². The molecule has 2 amide bonds. The molecule has 2 rings (SSSR count). The first-order valence-electron chi connectivity index (χ1n) is 13.7. The van der Waals surface area contributed by atoms with Crippen LogP contribution in [0, 0.1) is 11.8 Å². The van der Waals surface area contributed by atoms with Crippen LogP contribution < -0.4 is 10.6 Å². The number of ketones is 3. The van der Waals surface area contributed by atoms with Crippen molar-refractivity contribution in [1.29, 1.82) is 0 Å². The van der Waals surface area contributed by atoms with Gasteiger partial charge in [0, 0.05) is 0 Å². The lowest BCUT2D eigenvalue weighted by Crippen LogP contribution is -2.51. The first kappa shape index (κ1) is 35.1. The van der Waals surface area contributed by atoms with Crippen molar-refractivity contribution in [3.05, 3.63) is 71.8 Å². The topological polar surface area (TPSA) is 128 Å². The molecule has 0 aliphatic rings. The minimum absolute atomic E-state index is 0.00564. The van der Waals surface area contributed by atoms with Crippen LogP contribution in [0.15, 0.2) is 60.7 Å². The van der Waals surface area contributed by atoms with Gasteiger partial charge in [-0.1, -0.05) is 120 Å². The Hall–Kier alpha value is -3.05. The third-order valence-electron chi connectivity index (χ3n) is 6.11. The quantitative estimate of drug-likeness (QED) is 0.164. The molecule has 2 aromatic rings. The predicted octanol–water partition coefficient (Wildman–Crippen LogP) is 5.90. The first-order valence-corrected chi connectivity index (χ1v) is 15.6. The number of hydrogen-bond acceptors (Lipinski definition) is 7. The fourth-order valence-corrected chi connectivity index (χ4v) is 5.53. The summed E-state index contributed by atoms with van der Waals surface area (Å²) >= 11 is 6.30. The van der Waals surface area contributed by atoms with Crippen LogP contribution in [0.1, 0.15) is 51.7 Å². The zero-order valence-corrected chi connectivity index (χ0v) is 27.4. The minimum atomic E-state index is -1.39. The summed E-state index contributed by atoms with van der Waals surface area (Å²) in [5.41, 5.74) is 1.56. The highest BCUT2D eigenvalue weighted by Crippen LogP contribution is 2.20. The van der Waals surface area contributed by atoms with E-state index in [0.717, 1.165) is 11.1 Å². The van der Waals surface area contributed by atoms with E-state index in [-0.39, 0.29) is 37.9 Å². The summed E-state index contributed by atoms with van der Waals surface area (Å²) in [6.07, 6.45) is -1.10. The van der Waals surface area contributed by atoms with E-state index < -0.39 is 51.3 Å². The molecule has 42 heavy (non-hydrogen) atoms. The second kappa shape index (κ2) is 17.8. The average molecular weight is 710 g/mol. The van der Waals surface area contributed by atoms with Crippen molar-refractivity contribution < 1.29 is 33.4 Å². The number of alkyl halides is 2. The standard InChI is InChI=1S/C31H38Br2N2O7/c1-19(2)15-23(34-30(39)41-17-21-11-7-5-8-12-21)27(36)25(32)29(38)26(33)28(37)24(16-20(3)4)35-31(40)42-18-22-13-9-6-10-14-22/h5-14,19-20,23-26H,15-18H2,1-4H3,(H,34,39)(H,35,40)/t23-,24-,25?,26?/m0/s1. The maximum Gasteiger partial charge on any atom is 0.408 e. The maximum absolute atomic E-state index is 13.3. The van der Waals surface area contributed by atoms with Crippen LogP contribution in [-0.4, -0.2) is 51.3 Å². The van der Waals surface area contributed by atoms with Gasteiger partial charge in [0.2, 0.25) is 0 Å². The largest absolute Gasteiger partial charge is 0.445 e. The van der Waals surface area contributed by atoms with Crippen molar-refractivity contribution in [2.45, 2.75) is 75.5 Å². The predicted molar refractivity (Wildman–Crippen MR) is 166 cm³/mol. The van der Waals surface area contributed by atoms with Gasteiger partial charge in [-0.3, -0.25) is 14.4 Å². The number of hydrogen-bond donors (Lipinski definition) is 2. The number of halogens is 2. The molecule has 0 saturated carbocycles. The molecule has 0 heterocycles. The number of carbonyl (C=O) groups is 5. The molecule has 0 aliphatic heterocycles. The summed E-state index contributed by atoms with van der Waals surface area (Å²) in [6.45, 7) is 7.52. The molecular formula is C31H38Br2N2O7. The molecule has 2 aromatic carbocycles. The van der Waals surface area contributed by atoms with Gasteiger partial charge >= 0.3 is 12.2 Å². The van der Waals surface area contributed by atoms with E-state index in [0.29, 0.717) is 0 Å². The fourth-order valence-electron chi connectivity index (χ4n) is 4.01. The van der Waals surface area contributed by atoms with Crippen molar-refractivity contribution in [3.63, 3.8) is 0 Å². The summed E-state index contributed by atoms with van der Waals surface area (Å²) in [5.74, 6) is -1.96. The van der Waals surface area contributed by atoms with Crippen LogP contribution in [0.5, 0.6) is 0 Å². The van der Waals surface area contributed by atoms with E-state index in [9.17, 15) is 24.0 Å². The van der Waals surface area contributed by atoms with E-state index in [2.05, 4.69) is 42.5 Å². The number of nitrogens with one attached hydrogen (secondary N) is 2. The van der Waals surface area contributed by atoms with Crippen molar-refractivity contribution in [1.82, 2.24) is 10.6 Å². The third kappa shape index (κ3) is 12.1. The summed E-state index contributed by atoms with van der Waals surface area (Å²) < 4.78 is 10.5. The highest BCUT2D eigenvalue weighted by Gasteiger charge is 2.39. The molecule has 0 spiro atoms. The van der Waals surface area contributed by atoms with Gasteiger partial charge in [0.1, 0.15) is 22.9 Å². The summed E-state index contributed by atoms with van der Waals surface area (Å²) in [5, 5.41) is 5.12. The number of carbonyl (C=O) groups excluding carboxylic acids is 5. The van der Waals surface area contributed by atoms with Crippen LogP contribution in [0.2, 0.25) is 0 Å². The van der Waals surface area contributed by atoms with Gasteiger partial charge in [0.25, 0.3) is 0 Å². The molecule has 2 unspecified atom stereocenters. The highest BCUT2D eigenvalue weighted by molar-refractivity contribution is 9.11. The Labute approximate surface area is 263 Å². The molecule has 4 atom stereocenters. The molecule has 0 radical (unpaired) electrons. The van der Waals surface area contributed by atoms with Gasteiger partial charge in [0.15, 0.2) is 17.3 Å². The average Bonchev–Trinajstić information content (AvgIpc) is 2.97. The lowest BCUT2D eigenvalue weighted by atomic mass is 9.93. The van der Waals surface area contributed by atoms with E-state index in [1.54, 1.807) is 24.3 Å². The molecule has 0 aliphatic carbocycles. The van der Waals surface area contributed by atoms with Crippen molar-refractivity contribution in [2.75, 3.05) is 0 Å². The lowest BCUT2D eigenvalue weighted by Gasteiger charge is -2.24. The van der Waals surface area contributed by atoms with Gasteiger partial charge in [0.05, 0.1) is 12.1 Å². The third-order valence-corrected chi connectivity index (χ3v) is 7.91. The first-order chi connectivity index (χ1) is 19.9. The number of amides is 2. The number of rotatable bonds is 16. The molecule has 11 heteroatoms. The van der Waals surface area contributed by atoms with Crippen molar-refractivity contribution >= 4 is 61.4 Å². The molecule has 228 valence electrons.